The molecule has 0 aromatic heterocycles. The van der Waals surface area contributed by atoms with Gasteiger partial charge in [-0.05, 0) is 80.1 Å². The van der Waals surface area contributed by atoms with E-state index in [2.05, 4.69) is 5.32 Å². The molecule has 4 rings (SSSR count). The molecule has 1 unspecified atom stereocenters. The summed E-state index contributed by atoms with van der Waals surface area (Å²) in [5.74, 6) is 0.227. The minimum Gasteiger partial charge on any atom is -0.444 e. The van der Waals surface area contributed by atoms with E-state index in [4.69, 9.17) is 26.7 Å². The third-order valence-electron chi connectivity index (χ3n) is 8.26. The van der Waals surface area contributed by atoms with E-state index in [0.717, 1.165) is 45.2 Å². The summed E-state index contributed by atoms with van der Waals surface area (Å²) in [7, 11) is 0. The lowest BCUT2D eigenvalue weighted by Crippen LogP contribution is -2.54. The van der Waals surface area contributed by atoms with Crippen LogP contribution in [0.15, 0.2) is 0 Å². The number of piperidine rings is 2. The normalized spacial score (nSPS) is 27.2. The lowest BCUT2D eigenvalue weighted by atomic mass is 9.89. The van der Waals surface area contributed by atoms with E-state index in [1.165, 1.54) is 32.1 Å². The second-order valence-electron chi connectivity index (χ2n) is 14.6. The van der Waals surface area contributed by atoms with Crippen LogP contribution in [0.25, 0.3) is 0 Å². The molecule has 0 spiro atoms. The van der Waals surface area contributed by atoms with Gasteiger partial charge in [0.1, 0.15) is 17.0 Å². The van der Waals surface area contributed by atoms with Gasteiger partial charge in [-0.15, -0.1) is 0 Å². The highest BCUT2D eigenvalue weighted by molar-refractivity contribution is 5.81. The average molecular weight is 611 g/mol. The van der Waals surface area contributed by atoms with Crippen molar-refractivity contribution in [1.29, 1.82) is 0 Å². The summed E-state index contributed by atoms with van der Waals surface area (Å²) < 4.78 is 10.6. The quantitative estimate of drug-likeness (QED) is 0.361. The summed E-state index contributed by atoms with van der Waals surface area (Å²) in [5.41, 5.74) is 16.6. The fourth-order valence-electron chi connectivity index (χ4n) is 5.68. The second kappa shape index (κ2) is 17.5. The molecule has 0 aromatic carbocycles. The lowest BCUT2D eigenvalue weighted by molar-refractivity contribution is -0.121. The number of nitrogens with one attached hydrogen (secondary N) is 1. The van der Waals surface area contributed by atoms with Crippen LogP contribution in [0.5, 0.6) is 0 Å². The van der Waals surface area contributed by atoms with Gasteiger partial charge in [0.15, 0.2) is 0 Å². The Morgan fingerprint density at radius 1 is 0.651 bits per heavy atom. The number of Topliss-reactive ketones (excluding diaryl/α,β-unsaturated/α-hetero) is 1. The number of likely N-dealkylation sites (tertiary alicyclic amines) is 2. The monoisotopic (exact) mass is 610 g/mol. The first-order chi connectivity index (χ1) is 20.0. The third kappa shape index (κ3) is 15.1. The summed E-state index contributed by atoms with van der Waals surface area (Å²) in [6, 6.07) is 1.80. The maximum absolute atomic E-state index is 12.0. The number of amides is 2. The standard InChI is InChI=1S/C16H31N3O2.C10H17NO3.C6H14N2/c1-16(2,3)21-15(20)19-10-8-12(9-11-19)18-14-7-5-4-6-13(14)17;1-10(2,3)14-9(13)11-6-4-8(12)5-7-11;7-5-3-1-2-4-6(5)8/h12-14,18H,4-11,17H2,1-3H3;4-7H2,1-3H3;5-6H,1-4,7-8H2/t13?,14-;;5-,6-/m1.1/s1. The van der Waals surface area contributed by atoms with Crippen molar-refractivity contribution in [1.82, 2.24) is 15.1 Å². The Labute approximate surface area is 260 Å². The summed E-state index contributed by atoms with van der Waals surface area (Å²) >= 11 is 0. The molecule has 2 amide bonds. The van der Waals surface area contributed by atoms with E-state index in [-0.39, 0.29) is 30.1 Å². The van der Waals surface area contributed by atoms with Gasteiger partial charge in [0.25, 0.3) is 0 Å². The minimum atomic E-state index is -0.460. The van der Waals surface area contributed by atoms with Gasteiger partial charge in [0.05, 0.1) is 0 Å². The van der Waals surface area contributed by atoms with Crippen LogP contribution < -0.4 is 22.5 Å². The van der Waals surface area contributed by atoms with Crippen LogP contribution in [0, 0.1) is 0 Å². The van der Waals surface area contributed by atoms with Gasteiger partial charge in [0.2, 0.25) is 0 Å². The minimum absolute atomic E-state index is 0.185. The van der Waals surface area contributed by atoms with E-state index in [0.29, 0.717) is 44.1 Å². The number of hydrogen-bond acceptors (Lipinski definition) is 9. The number of rotatable bonds is 2. The molecule has 0 radical (unpaired) electrons. The molecule has 2 aliphatic heterocycles. The SMILES string of the molecule is CC(C)(C)OC(=O)N1CCC(=O)CC1.CC(C)(C)OC(=O)N1CCC(N[C@@H]2CCCCC2N)CC1.N[C@@H]1CCCC[C@H]1N. The molecule has 250 valence electrons. The van der Waals surface area contributed by atoms with Gasteiger partial charge in [-0.1, -0.05) is 25.7 Å². The van der Waals surface area contributed by atoms with Gasteiger partial charge in [-0.3, -0.25) is 4.79 Å². The maximum atomic E-state index is 12.0. The topological polar surface area (TPSA) is 166 Å². The van der Waals surface area contributed by atoms with Gasteiger partial charge >= 0.3 is 12.2 Å². The van der Waals surface area contributed by atoms with Crippen LogP contribution in [0.1, 0.15) is 119 Å². The number of nitrogens with two attached hydrogens (primary N) is 3. The zero-order chi connectivity index (χ0) is 32.2. The molecule has 4 fully saturated rings. The molecule has 4 atom stereocenters. The molecule has 0 bridgehead atoms. The first-order valence-corrected chi connectivity index (χ1v) is 16.5. The number of hydrogen-bond donors (Lipinski definition) is 4. The van der Waals surface area contributed by atoms with Gasteiger partial charge in [-0.2, -0.15) is 0 Å². The first kappa shape index (κ1) is 37.2. The summed E-state index contributed by atoms with van der Waals surface area (Å²) in [5, 5.41) is 3.71. The van der Waals surface area contributed by atoms with Crippen LogP contribution in [0.2, 0.25) is 0 Å². The summed E-state index contributed by atoms with van der Waals surface area (Å²) in [6.07, 6.45) is 12.1. The highest BCUT2D eigenvalue weighted by Gasteiger charge is 2.30. The Morgan fingerprint density at radius 2 is 1.05 bits per heavy atom. The number of ether oxygens (including phenoxy) is 2. The smallest absolute Gasteiger partial charge is 0.410 e. The van der Waals surface area contributed by atoms with Crippen molar-refractivity contribution in [3.05, 3.63) is 0 Å². The predicted octanol–water partition coefficient (Wildman–Crippen LogP) is 4.05. The van der Waals surface area contributed by atoms with E-state index in [1.54, 1.807) is 4.90 Å². The molecule has 4 aliphatic rings. The van der Waals surface area contributed by atoms with E-state index in [1.807, 2.05) is 46.4 Å². The average Bonchev–Trinajstić information content (AvgIpc) is 2.91. The van der Waals surface area contributed by atoms with Crippen LogP contribution in [-0.4, -0.2) is 95.4 Å². The van der Waals surface area contributed by atoms with Crippen molar-refractivity contribution in [2.75, 3.05) is 26.2 Å². The largest absolute Gasteiger partial charge is 0.444 e. The van der Waals surface area contributed by atoms with Crippen molar-refractivity contribution in [3.63, 3.8) is 0 Å². The second-order valence-corrected chi connectivity index (χ2v) is 14.6. The fraction of sp³-hybridized carbons (Fsp3) is 0.906. The molecule has 2 heterocycles. The molecule has 7 N–H and O–H groups in total. The third-order valence-corrected chi connectivity index (χ3v) is 8.26. The predicted molar refractivity (Wildman–Crippen MR) is 171 cm³/mol. The van der Waals surface area contributed by atoms with E-state index in [9.17, 15) is 14.4 Å². The fourth-order valence-corrected chi connectivity index (χ4v) is 5.68. The number of nitrogens with zero attached hydrogens (tertiary/aromatic N) is 2. The first-order valence-electron chi connectivity index (χ1n) is 16.5. The molecule has 11 nitrogen and oxygen atoms in total. The van der Waals surface area contributed by atoms with E-state index < -0.39 is 11.2 Å². The highest BCUT2D eigenvalue weighted by Crippen LogP contribution is 2.21. The molecule has 43 heavy (non-hydrogen) atoms. The Balaban J connectivity index is 0.000000251. The van der Waals surface area contributed by atoms with Crippen molar-refractivity contribution in [2.24, 2.45) is 17.2 Å². The van der Waals surface area contributed by atoms with E-state index >= 15 is 0 Å². The molecular weight excluding hydrogens is 548 g/mol. The molecule has 11 heteroatoms. The Bertz CT molecular complexity index is 845. The Morgan fingerprint density at radius 3 is 1.44 bits per heavy atom. The zero-order valence-electron chi connectivity index (χ0n) is 27.9. The summed E-state index contributed by atoms with van der Waals surface area (Å²) in [6.45, 7) is 13.8. The Hall–Kier alpha value is -1.95. The maximum Gasteiger partial charge on any atom is 0.410 e. The zero-order valence-corrected chi connectivity index (χ0v) is 27.9. The number of ketones is 1. The molecule has 2 saturated heterocycles. The van der Waals surface area contributed by atoms with Crippen LogP contribution >= 0.6 is 0 Å². The van der Waals surface area contributed by atoms with Gasteiger partial charge < -0.3 is 41.8 Å². The highest BCUT2D eigenvalue weighted by atomic mass is 16.6. The molecular formula is C32H62N6O5. The van der Waals surface area contributed by atoms with Crippen LogP contribution in [-0.2, 0) is 14.3 Å². The summed E-state index contributed by atoms with van der Waals surface area (Å²) in [4.78, 5) is 37.9. The number of carbonyl (C=O) groups is 3. The van der Waals surface area contributed by atoms with Crippen molar-refractivity contribution < 1.29 is 23.9 Å². The molecule has 2 aliphatic carbocycles. The van der Waals surface area contributed by atoms with Crippen LogP contribution in [0.4, 0.5) is 9.59 Å². The molecule has 0 aromatic rings. The van der Waals surface area contributed by atoms with Gasteiger partial charge in [0, 0.05) is 69.2 Å². The number of carbonyl (C=O) groups excluding carboxylic acids is 3. The van der Waals surface area contributed by atoms with Crippen molar-refractivity contribution in [2.45, 2.75) is 160 Å². The lowest BCUT2D eigenvalue weighted by Gasteiger charge is -2.38. The molecule has 2 saturated carbocycles. The Kier molecular flexibility index (Phi) is 15.2. The van der Waals surface area contributed by atoms with Crippen LogP contribution in [0.3, 0.4) is 0 Å². The van der Waals surface area contributed by atoms with Gasteiger partial charge in [-0.25, -0.2) is 9.59 Å². The van der Waals surface area contributed by atoms with Crippen molar-refractivity contribution >= 4 is 18.0 Å². The van der Waals surface area contributed by atoms with Crippen molar-refractivity contribution in [3.8, 4) is 0 Å².